The summed E-state index contributed by atoms with van der Waals surface area (Å²) < 4.78 is 47.8. The second-order valence-corrected chi connectivity index (χ2v) is 8.26. The summed E-state index contributed by atoms with van der Waals surface area (Å²) in [6, 6.07) is 12.0. The molecule has 2 aromatic carbocycles. The smallest absolute Gasteiger partial charge is 0.416 e. The lowest BCUT2D eigenvalue weighted by Gasteiger charge is -2.11. The van der Waals surface area contributed by atoms with Gasteiger partial charge in [0, 0.05) is 30.4 Å². The van der Waals surface area contributed by atoms with Crippen molar-refractivity contribution in [1.82, 2.24) is 19.3 Å². The van der Waals surface area contributed by atoms with Crippen LogP contribution in [0.15, 0.2) is 60.9 Å². The summed E-state index contributed by atoms with van der Waals surface area (Å²) in [6.07, 6.45) is 2.20. The number of carbonyl (C=O) groups is 1. The highest BCUT2D eigenvalue weighted by molar-refractivity contribution is 6.04. The molecule has 4 aromatic rings. The Labute approximate surface area is 199 Å². The molecule has 0 radical (unpaired) electrons. The third kappa shape index (κ3) is 4.64. The monoisotopic (exact) mass is 481 g/mol. The summed E-state index contributed by atoms with van der Waals surface area (Å²) in [6.45, 7) is 0.978. The van der Waals surface area contributed by atoms with E-state index in [-0.39, 0.29) is 17.1 Å². The fourth-order valence-electron chi connectivity index (χ4n) is 4.09. The molecule has 0 bridgehead atoms. The molecule has 1 aliphatic heterocycles. The normalized spacial score (nSPS) is 13.4. The summed E-state index contributed by atoms with van der Waals surface area (Å²) >= 11 is 0. The zero-order valence-corrected chi connectivity index (χ0v) is 18.8. The van der Waals surface area contributed by atoms with Crippen molar-refractivity contribution in [2.24, 2.45) is 0 Å². The molecule has 1 aliphatic rings. The summed E-state index contributed by atoms with van der Waals surface area (Å²) in [5, 5.41) is 6.93. The maximum atomic E-state index is 13.1. The molecule has 10 heteroatoms. The minimum absolute atomic E-state index is 0.0456. The van der Waals surface area contributed by atoms with Crippen LogP contribution in [0.25, 0.3) is 16.9 Å². The van der Waals surface area contributed by atoms with E-state index in [1.165, 1.54) is 30.1 Å². The molecule has 35 heavy (non-hydrogen) atoms. The summed E-state index contributed by atoms with van der Waals surface area (Å²) in [5.41, 5.74) is 1.67. The number of rotatable bonds is 5. The average molecular weight is 481 g/mol. The molecule has 0 unspecified atom stereocenters. The van der Waals surface area contributed by atoms with Crippen LogP contribution in [0, 0.1) is 0 Å². The molecule has 5 rings (SSSR count). The van der Waals surface area contributed by atoms with Crippen molar-refractivity contribution >= 4 is 11.6 Å². The van der Waals surface area contributed by atoms with E-state index in [4.69, 9.17) is 9.72 Å². The highest BCUT2D eigenvalue weighted by Crippen LogP contribution is 2.31. The number of aromatic nitrogens is 4. The van der Waals surface area contributed by atoms with E-state index in [9.17, 15) is 18.0 Å². The van der Waals surface area contributed by atoms with E-state index in [1.807, 2.05) is 18.3 Å². The molecule has 3 heterocycles. The van der Waals surface area contributed by atoms with Gasteiger partial charge in [-0.2, -0.15) is 18.3 Å². The first-order valence-corrected chi connectivity index (χ1v) is 11.1. The lowest BCUT2D eigenvalue weighted by Crippen LogP contribution is -2.14. The minimum atomic E-state index is -4.49. The van der Waals surface area contributed by atoms with E-state index in [0.717, 1.165) is 55.0 Å². The Morgan fingerprint density at radius 2 is 1.89 bits per heavy atom. The number of imidazole rings is 1. The van der Waals surface area contributed by atoms with E-state index in [2.05, 4.69) is 15.0 Å². The van der Waals surface area contributed by atoms with Gasteiger partial charge in [-0.3, -0.25) is 4.79 Å². The van der Waals surface area contributed by atoms with Gasteiger partial charge in [0.2, 0.25) is 0 Å². The van der Waals surface area contributed by atoms with Crippen molar-refractivity contribution in [3.63, 3.8) is 0 Å². The van der Waals surface area contributed by atoms with Gasteiger partial charge < -0.3 is 14.6 Å². The number of anilines is 1. The molecule has 1 amide bonds. The molecule has 1 N–H and O–H groups in total. The van der Waals surface area contributed by atoms with Gasteiger partial charge in [0.05, 0.1) is 30.3 Å². The number of fused-ring (bicyclic) bond motifs is 1. The van der Waals surface area contributed by atoms with Crippen LogP contribution in [0.2, 0.25) is 0 Å². The Kier molecular flexibility index (Phi) is 5.80. The van der Waals surface area contributed by atoms with Gasteiger partial charge in [0.15, 0.2) is 11.4 Å². The predicted molar refractivity (Wildman–Crippen MR) is 124 cm³/mol. The van der Waals surface area contributed by atoms with Crippen LogP contribution in [-0.2, 0) is 19.1 Å². The summed E-state index contributed by atoms with van der Waals surface area (Å²) in [5.74, 6) is 0.685. The summed E-state index contributed by atoms with van der Waals surface area (Å²) in [7, 11) is 1.36. The lowest BCUT2D eigenvalue weighted by molar-refractivity contribution is -0.137. The maximum Gasteiger partial charge on any atom is 0.416 e. The van der Waals surface area contributed by atoms with Crippen molar-refractivity contribution in [3.05, 3.63) is 78.0 Å². The van der Waals surface area contributed by atoms with Crippen LogP contribution in [0.4, 0.5) is 18.9 Å². The van der Waals surface area contributed by atoms with E-state index in [1.54, 1.807) is 12.1 Å². The van der Waals surface area contributed by atoms with Gasteiger partial charge in [-0.1, -0.05) is 18.2 Å². The molecule has 180 valence electrons. The number of aryl methyl sites for hydroxylation is 2. The van der Waals surface area contributed by atoms with Crippen LogP contribution in [0.5, 0.6) is 5.75 Å². The third-order valence-corrected chi connectivity index (χ3v) is 5.90. The average Bonchev–Trinajstić information content (AvgIpc) is 3.49. The highest BCUT2D eigenvalue weighted by atomic mass is 19.4. The maximum absolute atomic E-state index is 13.1. The number of alkyl halides is 3. The van der Waals surface area contributed by atoms with Crippen LogP contribution < -0.4 is 10.1 Å². The first-order chi connectivity index (χ1) is 16.8. The van der Waals surface area contributed by atoms with E-state index >= 15 is 0 Å². The van der Waals surface area contributed by atoms with E-state index < -0.39 is 17.6 Å². The Hall–Kier alpha value is -4.08. The SMILES string of the molecule is COc1cn(-c2cccc(C(F)(F)F)c2)nc1C(=O)Nc1ccc(-c2cn3c(n2)CCCC3)cc1. The highest BCUT2D eigenvalue weighted by Gasteiger charge is 2.31. The Morgan fingerprint density at radius 1 is 1.09 bits per heavy atom. The molecule has 0 saturated heterocycles. The van der Waals surface area contributed by atoms with Crippen molar-refractivity contribution in [2.75, 3.05) is 12.4 Å². The van der Waals surface area contributed by atoms with E-state index in [0.29, 0.717) is 5.69 Å². The largest absolute Gasteiger partial charge is 0.493 e. The number of carbonyl (C=O) groups excluding carboxylic acids is 1. The Balaban J connectivity index is 1.34. The number of hydrogen-bond donors (Lipinski definition) is 1. The Morgan fingerprint density at radius 3 is 2.60 bits per heavy atom. The molecular weight excluding hydrogens is 459 g/mol. The first kappa shape index (κ1) is 22.7. The quantitative estimate of drug-likeness (QED) is 0.417. The molecular formula is C25H22F3N5O2. The van der Waals surface area contributed by atoms with Gasteiger partial charge in [-0.15, -0.1) is 0 Å². The van der Waals surface area contributed by atoms with Gasteiger partial charge in [-0.25, -0.2) is 9.67 Å². The molecule has 0 aliphatic carbocycles. The summed E-state index contributed by atoms with van der Waals surface area (Å²) in [4.78, 5) is 17.6. The van der Waals surface area contributed by atoms with Crippen molar-refractivity contribution in [3.8, 4) is 22.7 Å². The van der Waals surface area contributed by atoms with Crippen molar-refractivity contribution in [1.29, 1.82) is 0 Å². The zero-order valence-electron chi connectivity index (χ0n) is 18.8. The lowest BCUT2D eigenvalue weighted by atomic mass is 10.1. The van der Waals surface area contributed by atoms with Crippen LogP contribution >= 0.6 is 0 Å². The zero-order chi connectivity index (χ0) is 24.6. The fraction of sp³-hybridized carbons (Fsp3) is 0.240. The number of methoxy groups -OCH3 is 1. The van der Waals surface area contributed by atoms with Gasteiger partial charge in [-0.05, 0) is 43.2 Å². The van der Waals surface area contributed by atoms with Gasteiger partial charge in [0.1, 0.15) is 5.82 Å². The number of ether oxygens (including phenoxy) is 1. The molecule has 7 nitrogen and oxygen atoms in total. The number of halogens is 3. The molecule has 0 atom stereocenters. The van der Waals surface area contributed by atoms with Crippen molar-refractivity contribution < 1.29 is 22.7 Å². The minimum Gasteiger partial charge on any atom is -0.493 e. The second kappa shape index (κ2) is 8.94. The van der Waals surface area contributed by atoms with Crippen molar-refractivity contribution in [2.45, 2.75) is 32.0 Å². The molecule has 0 fully saturated rings. The second-order valence-electron chi connectivity index (χ2n) is 8.26. The number of hydrogen-bond acceptors (Lipinski definition) is 4. The van der Waals surface area contributed by atoms with Gasteiger partial charge >= 0.3 is 6.18 Å². The molecule has 2 aromatic heterocycles. The third-order valence-electron chi connectivity index (χ3n) is 5.90. The predicted octanol–water partition coefficient (Wildman–Crippen LogP) is 5.35. The number of benzene rings is 2. The number of amides is 1. The fourth-order valence-corrected chi connectivity index (χ4v) is 4.09. The molecule has 0 saturated carbocycles. The van der Waals surface area contributed by atoms with Crippen LogP contribution in [-0.4, -0.2) is 32.3 Å². The topological polar surface area (TPSA) is 74.0 Å². The number of nitrogens with one attached hydrogen (secondary N) is 1. The first-order valence-electron chi connectivity index (χ1n) is 11.1. The molecule has 0 spiro atoms. The van der Waals surface area contributed by atoms with Crippen LogP contribution in [0.3, 0.4) is 0 Å². The van der Waals surface area contributed by atoms with Crippen LogP contribution in [0.1, 0.15) is 34.7 Å². The van der Waals surface area contributed by atoms with Gasteiger partial charge in [0.25, 0.3) is 5.91 Å². The standard InChI is InChI=1S/C25H22F3N5O2/c1-35-21-15-33(19-6-4-5-17(13-19)25(26,27)28)31-23(21)24(34)29-18-10-8-16(9-11-18)20-14-32-12-3-2-7-22(32)30-20/h4-6,8-11,13-15H,2-3,7,12H2,1H3,(H,29,34). The number of nitrogens with zero attached hydrogens (tertiary/aromatic N) is 4. The Bertz CT molecular complexity index is 1350.